The molecule has 1 fully saturated rings. The second-order valence-electron chi connectivity index (χ2n) is 5.11. The number of rotatable bonds is 5. The number of nitrogens with one attached hydrogen (secondary N) is 1. The summed E-state index contributed by atoms with van der Waals surface area (Å²) in [4.78, 5) is 4.24. The molecule has 0 atom stereocenters. The number of nitrogens with zero attached hydrogens (tertiary/aromatic N) is 1. The first-order chi connectivity index (χ1) is 9.72. The fraction of sp³-hybridized carbons (Fsp3) is 0.312. The van der Waals surface area contributed by atoms with Gasteiger partial charge in [-0.15, -0.1) is 0 Å². The van der Waals surface area contributed by atoms with Crippen LogP contribution in [0.3, 0.4) is 0 Å². The Labute approximate surface area is 123 Å². The zero-order chi connectivity index (χ0) is 13.9. The molecule has 3 nitrogen and oxygen atoms in total. The van der Waals surface area contributed by atoms with E-state index in [-0.39, 0.29) is 0 Å². The fourth-order valence-electron chi connectivity index (χ4n) is 1.98. The third-order valence-corrected chi connectivity index (χ3v) is 3.69. The van der Waals surface area contributed by atoms with Gasteiger partial charge in [0.25, 0.3) is 0 Å². The van der Waals surface area contributed by atoms with Gasteiger partial charge < -0.3 is 10.1 Å². The van der Waals surface area contributed by atoms with Crippen molar-refractivity contribution in [3.8, 4) is 11.5 Å². The topological polar surface area (TPSA) is 34.1 Å². The highest BCUT2D eigenvalue weighted by Crippen LogP contribution is 2.31. The van der Waals surface area contributed by atoms with Gasteiger partial charge in [0.05, 0.1) is 6.20 Å². The molecule has 3 rings (SSSR count). The minimum atomic E-state index is 0.639. The summed E-state index contributed by atoms with van der Waals surface area (Å²) in [6, 6.07) is 10.2. The molecule has 1 heterocycles. The Morgan fingerprint density at radius 3 is 2.85 bits per heavy atom. The van der Waals surface area contributed by atoms with E-state index >= 15 is 0 Å². The number of hydrogen-bond acceptors (Lipinski definition) is 3. The Balaban J connectivity index is 1.80. The molecule has 0 amide bonds. The van der Waals surface area contributed by atoms with E-state index in [1.807, 2.05) is 37.3 Å². The van der Waals surface area contributed by atoms with Gasteiger partial charge in [-0.2, -0.15) is 0 Å². The molecule has 20 heavy (non-hydrogen) atoms. The van der Waals surface area contributed by atoms with Crippen molar-refractivity contribution in [2.45, 2.75) is 32.4 Å². The van der Waals surface area contributed by atoms with Gasteiger partial charge >= 0.3 is 0 Å². The van der Waals surface area contributed by atoms with Crippen LogP contribution >= 0.6 is 11.6 Å². The number of aryl methyl sites for hydroxylation is 1. The number of hydrogen-bond donors (Lipinski definition) is 1. The minimum Gasteiger partial charge on any atom is -0.455 e. The van der Waals surface area contributed by atoms with Gasteiger partial charge in [-0.05, 0) is 44.0 Å². The first-order valence-electron chi connectivity index (χ1n) is 6.83. The van der Waals surface area contributed by atoms with E-state index in [4.69, 9.17) is 16.3 Å². The van der Waals surface area contributed by atoms with Crippen LogP contribution in [0, 0.1) is 6.92 Å². The highest BCUT2D eigenvalue weighted by molar-refractivity contribution is 6.31. The quantitative estimate of drug-likeness (QED) is 0.900. The zero-order valence-electron chi connectivity index (χ0n) is 11.4. The lowest BCUT2D eigenvalue weighted by atomic mass is 10.2. The summed E-state index contributed by atoms with van der Waals surface area (Å²) >= 11 is 6.29. The second-order valence-corrected chi connectivity index (χ2v) is 5.52. The Bertz CT molecular complexity index is 594. The Hall–Kier alpha value is -1.58. The van der Waals surface area contributed by atoms with Crippen LogP contribution in [0.4, 0.5) is 0 Å². The number of halogens is 1. The van der Waals surface area contributed by atoms with Crippen LogP contribution < -0.4 is 10.1 Å². The van der Waals surface area contributed by atoms with Crippen molar-refractivity contribution < 1.29 is 4.74 Å². The molecule has 0 saturated heterocycles. The van der Waals surface area contributed by atoms with Gasteiger partial charge in [-0.25, -0.2) is 0 Å². The minimum absolute atomic E-state index is 0.639. The van der Waals surface area contributed by atoms with E-state index < -0.39 is 0 Å². The molecule has 2 aromatic rings. The van der Waals surface area contributed by atoms with Crippen LogP contribution in [0.5, 0.6) is 11.5 Å². The van der Waals surface area contributed by atoms with E-state index in [1.54, 1.807) is 6.20 Å². The maximum absolute atomic E-state index is 6.29. The maximum atomic E-state index is 6.29. The normalized spacial score (nSPS) is 14.3. The van der Waals surface area contributed by atoms with Gasteiger partial charge in [-0.1, -0.05) is 17.7 Å². The van der Waals surface area contributed by atoms with Gasteiger partial charge in [0, 0.05) is 28.9 Å². The lowest BCUT2D eigenvalue weighted by Crippen LogP contribution is -2.16. The van der Waals surface area contributed by atoms with E-state index in [1.165, 1.54) is 12.8 Å². The van der Waals surface area contributed by atoms with Gasteiger partial charge in [-0.3, -0.25) is 4.98 Å². The zero-order valence-corrected chi connectivity index (χ0v) is 12.2. The van der Waals surface area contributed by atoms with Crippen molar-refractivity contribution in [3.63, 3.8) is 0 Å². The molecule has 4 heteroatoms. The molecule has 0 spiro atoms. The van der Waals surface area contributed by atoms with E-state index in [0.717, 1.165) is 34.3 Å². The van der Waals surface area contributed by atoms with Crippen LogP contribution in [0.25, 0.3) is 0 Å². The summed E-state index contributed by atoms with van der Waals surface area (Å²) < 4.78 is 5.91. The smallest absolute Gasteiger partial charge is 0.145 e. The average molecular weight is 289 g/mol. The van der Waals surface area contributed by atoms with Crippen LogP contribution in [-0.2, 0) is 6.54 Å². The first-order valence-corrected chi connectivity index (χ1v) is 7.21. The van der Waals surface area contributed by atoms with Crippen molar-refractivity contribution in [1.82, 2.24) is 10.3 Å². The van der Waals surface area contributed by atoms with Crippen molar-refractivity contribution in [3.05, 3.63) is 52.8 Å². The number of aromatic nitrogens is 1. The number of benzene rings is 1. The molecule has 0 bridgehead atoms. The number of ether oxygens (including phenoxy) is 1. The van der Waals surface area contributed by atoms with Gasteiger partial charge in [0.15, 0.2) is 0 Å². The molecular weight excluding hydrogens is 272 g/mol. The third-order valence-electron chi connectivity index (χ3n) is 3.33. The maximum Gasteiger partial charge on any atom is 0.145 e. The molecule has 1 N–H and O–H groups in total. The Morgan fingerprint density at radius 1 is 1.30 bits per heavy atom. The van der Waals surface area contributed by atoms with E-state index in [9.17, 15) is 0 Å². The van der Waals surface area contributed by atoms with Crippen LogP contribution in [-0.4, -0.2) is 11.0 Å². The largest absolute Gasteiger partial charge is 0.455 e. The molecule has 0 unspecified atom stereocenters. The lowest BCUT2D eigenvalue weighted by molar-refractivity contribution is 0.470. The number of pyridine rings is 1. The highest BCUT2D eigenvalue weighted by Gasteiger charge is 2.21. The van der Waals surface area contributed by atoms with Crippen LogP contribution in [0.1, 0.15) is 24.1 Å². The lowest BCUT2D eigenvalue weighted by Gasteiger charge is -2.13. The van der Waals surface area contributed by atoms with E-state index in [2.05, 4.69) is 10.3 Å². The summed E-state index contributed by atoms with van der Waals surface area (Å²) in [5.41, 5.74) is 1.97. The third kappa shape index (κ3) is 3.30. The molecular formula is C16H17ClN2O. The first kappa shape index (κ1) is 13.4. The molecule has 1 saturated carbocycles. The highest BCUT2D eigenvalue weighted by atomic mass is 35.5. The molecule has 104 valence electrons. The predicted octanol–water partition coefficient (Wildman–Crippen LogP) is 4.09. The SMILES string of the molecule is Cc1ccc(Oc2cccc(Cl)c2CNC2CC2)cn1. The summed E-state index contributed by atoms with van der Waals surface area (Å²) in [6.07, 6.45) is 4.24. The molecule has 1 aromatic carbocycles. The average Bonchev–Trinajstić information content (AvgIpc) is 3.25. The van der Waals surface area contributed by atoms with Crippen molar-refractivity contribution >= 4 is 11.6 Å². The summed E-state index contributed by atoms with van der Waals surface area (Å²) in [5, 5.41) is 4.20. The molecule has 1 aliphatic rings. The standard InChI is InChI=1S/C16H17ClN2O/c1-11-5-8-13(9-18-11)20-16-4-2-3-15(17)14(16)10-19-12-6-7-12/h2-5,8-9,12,19H,6-7,10H2,1H3. The molecule has 1 aliphatic carbocycles. The summed E-state index contributed by atoms with van der Waals surface area (Å²) in [5.74, 6) is 1.52. The van der Waals surface area contributed by atoms with E-state index in [0.29, 0.717) is 6.04 Å². The van der Waals surface area contributed by atoms with Gasteiger partial charge in [0.1, 0.15) is 11.5 Å². The Kier molecular flexibility index (Phi) is 3.90. The molecule has 1 aromatic heterocycles. The fourth-order valence-corrected chi connectivity index (χ4v) is 2.21. The Morgan fingerprint density at radius 2 is 2.15 bits per heavy atom. The monoisotopic (exact) mass is 288 g/mol. The predicted molar refractivity (Wildman–Crippen MR) is 80.4 cm³/mol. The molecule has 0 aliphatic heterocycles. The van der Waals surface area contributed by atoms with Gasteiger partial charge in [0.2, 0.25) is 0 Å². The van der Waals surface area contributed by atoms with Crippen LogP contribution in [0.15, 0.2) is 36.5 Å². The van der Waals surface area contributed by atoms with Crippen molar-refractivity contribution in [1.29, 1.82) is 0 Å². The second kappa shape index (κ2) is 5.81. The van der Waals surface area contributed by atoms with Crippen LogP contribution in [0.2, 0.25) is 5.02 Å². The van der Waals surface area contributed by atoms with Crippen molar-refractivity contribution in [2.75, 3.05) is 0 Å². The molecule has 0 radical (unpaired) electrons. The summed E-state index contributed by atoms with van der Waals surface area (Å²) in [7, 11) is 0. The summed E-state index contributed by atoms with van der Waals surface area (Å²) in [6.45, 7) is 2.69. The van der Waals surface area contributed by atoms with Crippen molar-refractivity contribution in [2.24, 2.45) is 0 Å².